The molecule has 7 nitrogen and oxygen atoms in total. The van der Waals surface area contributed by atoms with Crippen molar-refractivity contribution in [1.82, 2.24) is 25.5 Å². The first kappa shape index (κ1) is 20.5. The zero-order chi connectivity index (χ0) is 20.7. The molecule has 1 saturated heterocycles. The summed E-state index contributed by atoms with van der Waals surface area (Å²) in [5.41, 5.74) is 2.58. The number of carbonyl (C=O) groups excluding carboxylic acids is 1. The van der Waals surface area contributed by atoms with Crippen LogP contribution in [0.25, 0.3) is 0 Å². The monoisotopic (exact) mass is 403 g/mol. The number of phenolic OH excluding ortho intramolecular Hbond substituents is 1. The topological polar surface area (TPSA) is 95.0 Å². The van der Waals surface area contributed by atoms with Gasteiger partial charge in [0.2, 0.25) is 5.91 Å². The maximum absolute atomic E-state index is 12.4. The number of hydrogen-bond acceptors (Lipinski definition) is 5. The number of phenols is 1. The number of benzene rings is 1. The molecule has 28 heavy (non-hydrogen) atoms. The van der Waals surface area contributed by atoms with Crippen molar-refractivity contribution < 1.29 is 9.90 Å². The van der Waals surface area contributed by atoms with E-state index in [0.29, 0.717) is 29.7 Å². The fourth-order valence-electron chi connectivity index (χ4n) is 3.26. The molecule has 1 atom stereocenters. The summed E-state index contributed by atoms with van der Waals surface area (Å²) in [6, 6.07) is 4.12. The minimum absolute atomic E-state index is 0.107. The summed E-state index contributed by atoms with van der Waals surface area (Å²) >= 11 is 0. The third-order valence-corrected chi connectivity index (χ3v) is 6.62. The van der Waals surface area contributed by atoms with Gasteiger partial charge in [-0.25, -0.2) is 0 Å². The SMILES string of the molecule is CC(C)(C)c1cc(C=S2CC(=O)N(Cc3nn[nH]n3)C2)cc(C(C)(C)C)c1O. The number of H-pyrrole nitrogens is 1. The number of rotatable bonds is 3. The maximum Gasteiger partial charge on any atom is 0.233 e. The predicted molar refractivity (Wildman–Crippen MR) is 113 cm³/mol. The average molecular weight is 404 g/mol. The Morgan fingerprint density at radius 2 is 1.79 bits per heavy atom. The smallest absolute Gasteiger partial charge is 0.233 e. The third kappa shape index (κ3) is 4.43. The van der Waals surface area contributed by atoms with Crippen molar-refractivity contribution >= 4 is 21.8 Å². The normalized spacial score (nSPS) is 18.3. The summed E-state index contributed by atoms with van der Waals surface area (Å²) < 4.78 is 0. The van der Waals surface area contributed by atoms with Crippen LogP contribution in [0.15, 0.2) is 12.1 Å². The van der Waals surface area contributed by atoms with Crippen LogP contribution in [0.5, 0.6) is 5.75 Å². The molecule has 2 N–H and O–H groups in total. The van der Waals surface area contributed by atoms with E-state index in [-0.39, 0.29) is 27.2 Å². The lowest BCUT2D eigenvalue weighted by atomic mass is 9.78. The van der Waals surface area contributed by atoms with E-state index in [9.17, 15) is 9.90 Å². The van der Waals surface area contributed by atoms with E-state index >= 15 is 0 Å². The Balaban J connectivity index is 1.94. The number of tetrazole rings is 1. The van der Waals surface area contributed by atoms with Crippen LogP contribution in [-0.4, -0.2) is 53.5 Å². The summed E-state index contributed by atoms with van der Waals surface area (Å²) in [5, 5.41) is 26.9. The van der Waals surface area contributed by atoms with E-state index in [1.165, 1.54) is 0 Å². The van der Waals surface area contributed by atoms with Gasteiger partial charge in [0.25, 0.3) is 0 Å². The molecule has 0 saturated carbocycles. The van der Waals surface area contributed by atoms with Crippen molar-refractivity contribution in [2.24, 2.45) is 0 Å². The molecule has 1 aliphatic rings. The second-order valence-corrected chi connectivity index (χ2v) is 11.2. The van der Waals surface area contributed by atoms with E-state index in [1.807, 2.05) is 0 Å². The minimum Gasteiger partial charge on any atom is -0.507 e. The molecule has 8 heteroatoms. The van der Waals surface area contributed by atoms with Crippen LogP contribution in [0.3, 0.4) is 0 Å². The first-order valence-corrected chi connectivity index (χ1v) is 11.0. The summed E-state index contributed by atoms with van der Waals surface area (Å²) in [5.74, 6) is 2.16. The highest BCUT2D eigenvalue weighted by atomic mass is 32.2. The van der Waals surface area contributed by atoms with Crippen molar-refractivity contribution in [3.8, 4) is 5.75 Å². The van der Waals surface area contributed by atoms with Crippen LogP contribution in [0.4, 0.5) is 0 Å². The van der Waals surface area contributed by atoms with Crippen molar-refractivity contribution in [3.05, 3.63) is 34.6 Å². The number of hydrogen-bond donors (Lipinski definition) is 2. The number of aromatic nitrogens is 4. The van der Waals surface area contributed by atoms with E-state index in [4.69, 9.17) is 0 Å². The highest BCUT2D eigenvalue weighted by Crippen LogP contribution is 2.40. The van der Waals surface area contributed by atoms with Crippen molar-refractivity contribution in [2.45, 2.75) is 58.9 Å². The van der Waals surface area contributed by atoms with Gasteiger partial charge >= 0.3 is 0 Å². The van der Waals surface area contributed by atoms with Gasteiger partial charge in [-0.1, -0.05) is 46.8 Å². The fourth-order valence-corrected chi connectivity index (χ4v) is 5.17. The molecule has 152 valence electrons. The van der Waals surface area contributed by atoms with E-state index in [1.54, 1.807) is 4.90 Å². The van der Waals surface area contributed by atoms with Gasteiger partial charge in [0.05, 0.1) is 18.2 Å². The predicted octanol–water partition coefficient (Wildman–Crippen LogP) is 2.92. The van der Waals surface area contributed by atoms with E-state index in [2.05, 4.69) is 79.7 Å². The molecule has 1 amide bonds. The zero-order valence-corrected chi connectivity index (χ0v) is 18.2. The standard InChI is InChI=1S/C20H29N5O2S/c1-19(2,3)14-7-13(8-15(18(14)27)20(4,5)6)10-28-11-17(26)25(12-28)9-16-21-23-24-22-16/h7-8,10,27H,9,11-12H2,1-6H3,(H,21,22,23,24). The minimum atomic E-state index is -0.193. The van der Waals surface area contributed by atoms with E-state index < -0.39 is 0 Å². The lowest BCUT2D eigenvalue weighted by molar-refractivity contribution is -0.127. The Morgan fingerprint density at radius 3 is 2.29 bits per heavy atom. The molecule has 3 rings (SSSR count). The molecule has 1 aromatic heterocycles. The Labute approximate surface area is 168 Å². The van der Waals surface area contributed by atoms with Crippen LogP contribution in [0.2, 0.25) is 0 Å². The molecule has 1 aliphatic heterocycles. The quantitative estimate of drug-likeness (QED) is 0.769. The van der Waals surface area contributed by atoms with Gasteiger partial charge < -0.3 is 10.0 Å². The molecular weight excluding hydrogens is 374 g/mol. The average Bonchev–Trinajstić information content (AvgIpc) is 3.17. The maximum atomic E-state index is 12.4. The van der Waals surface area contributed by atoms with Gasteiger partial charge in [0.15, 0.2) is 5.82 Å². The number of aromatic hydroxyl groups is 1. The highest BCUT2D eigenvalue weighted by Gasteiger charge is 2.28. The molecule has 1 aromatic carbocycles. The molecule has 0 radical (unpaired) electrons. The molecule has 1 fully saturated rings. The Hall–Kier alpha value is -2.22. The zero-order valence-electron chi connectivity index (χ0n) is 17.4. The summed E-state index contributed by atoms with van der Waals surface area (Å²) in [6.07, 6.45) is 0. The van der Waals surface area contributed by atoms with Crippen LogP contribution >= 0.6 is 10.5 Å². The van der Waals surface area contributed by atoms with Crippen molar-refractivity contribution in [1.29, 1.82) is 0 Å². The number of amides is 1. The van der Waals surface area contributed by atoms with Crippen molar-refractivity contribution in [2.75, 3.05) is 11.6 Å². The molecule has 2 aromatic rings. The second kappa shape index (κ2) is 7.31. The summed E-state index contributed by atoms with van der Waals surface area (Å²) in [6.45, 7) is 13.0. The third-order valence-electron chi connectivity index (χ3n) is 4.76. The van der Waals surface area contributed by atoms with Gasteiger partial charge in [0, 0.05) is 11.1 Å². The van der Waals surface area contributed by atoms with Gasteiger partial charge in [-0.2, -0.15) is 15.7 Å². The van der Waals surface area contributed by atoms with Gasteiger partial charge in [0.1, 0.15) is 5.75 Å². The Morgan fingerprint density at radius 1 is 1.18 bits per heavy atom. The number of aromatic amines is 1. The van der Waals surface area contributed by atoms with Gasteiger partial charge in [-0.05, 0) is 33.9 Å². The van der Waals surface area contributed by atoms with Crippen LogP contribution < -0.4 is 0 Å². The molecule has 2 heterocycles. The largest absolute Gasteiger partial charge is 0.507 e. The molecule has 0 bridgehead atoms. The van der Waals surface area contributed by atoms with Crippen LogP contribution in [-0.2, 0) is 22.2 Å². The molecule has 0 spiro atoms. The van der Waals surface area contributed by atoms with E-state index in [0.717, 1.165) is 16.7 Å². The molecular formula is C20H29N5O2S. The first-order chi connectivity index (χ1) is 12.9. The van der Waals surface area contributed by atoms with Crippen LogP contribution in [0, 0.1) is 0 Å². The lowest BCUT2D eigenvalue weighted by Gasteiger charge is -2.28. The van der Waals surface area contributed by atoms with Crippen molar-refractivity contribution in [3.63, 3.8) is 0 Å². The van der Waals surface area contributed by atoms with Crippen LogP contribution in [0.1, 0.15) is 64.1 Å². The fraction of sp³-hybridized carbons (Fsp3) is 0.550. The second-order valence-electron chi connectivity index (χ2n) is 9.31. The number of carbonyl (C=O) groups is 1. The summed E-state index contributed by atoms with van der Waals surface area (Å²) in [4.78, 5) is 14.2. The molecule has 0 aliphatic carbocycles. The van der Waals surface area contributed by atoms with Gasteiger partial charge in [-0.3, -0.25) is 4.79 Å². The Kier molecular flexibility index (Phi) is 5.36. The highest BCUT2D eigenvalue weighted by molar-refractivity contribution is 8.16. The first-order valence-electron chi connectivity index (χ1n) is 9.34. The molecule has 1 unspecified atom stereocenters. The van der Waals surface area contributed by atoms with Gasteiger partial charge in [-0.15, -0.1) is 10.2 Å². The summed E-state index contributed by atoms with van der Waals surface area (Å²) in [7, 11) is -0.193. The lowest BCUT2D eigenvalue weighted by Crippen LogP contribution is -2.25. The Bertz CT molecular complexity index is 873. The number of nitrogens with zero attached hydrogens (tertiary/aromatic N) is 4. The number of nitrogens with one attached hydrogen (secondary N) is 1.